The third kappa shape index (κ3) is 1.99. The highest BCUT2D eigenvalue weighted by Crippen LogP contribution is 2.42. The van der Waals surface area contributed by atoms with Gasteiger partial charge < -0.3 is 10.1 Å². The molecule has 1 heterocycles. The average Bonchev–Trinajstić information content (AvgIpc) is 3.24. The standard InChI is InChI=1S/C16H16ClNO/c17-14-9-13-15(18-10-5-6-10)7-8-19-16(13)12-4-2-1-3-11(12)14/h1-4,9-10,15,18H,5-8H2. The van der Waals surface area contributed by atoms with Crippen LogP contribution in [0, 0.1) is 0 Å². The molecule has 0 saturated heterocycles. The summed E-state index contributed by atoms with van der Waals surface area (Å²) in [6.07, 6.45) is 3.63. The summed E-state index contributed by atoms with van der Waals surface area (Å²) in [7, 11) is 0. The monoisotopic (exact) mass is 273 g/mol. The van der Waals surface area contributed by atoms with Crippen molar-refractivity contribution < 1.29 is 4.74 Å². The summed E-state index contributed by atoms with van der Waals surface area (Å²) < 4.78 is 5.93. The van der Waals surface area contributed by atoms with E-state index in [0.29, 0.717) is 12.1 Å². The van der Waals surface area contributed by atoms with Crippen molar-refractivity contribution in [2.75, 3.05) is 6.61 Å². The van der Waals surface area contributed by atoms with Gasteiger partial charge in [-0.2, -0.15) is 0 Å². The van der Waals surface area contributed by atoms with Crippen molar-refractivity contribution in [1.82, 2.24) is 5.32 Å². The predicted molar refractivity (Wildman–Crippen MR) is 78.0 cm³/mol. The Morgan fingerprint density at radius 2 is 1.89 bits per heavy atom. The van der Waals surface area contributed by atoms with Crippen LogP contribution in [0.4, 0.5) is 0 Å². The molecule has 0 spiro atoms. The van der Waals surface area contributed by atoms with Gasteiger partial charge in [-0.15, -0.1) is 0 Å². The molecular formula is C16H16ClNO. The molecule has 0 aromatic heterocycles. The Labute approximate surface area is 117 Å². The third-order valence-corrected chi connectivity index (χ3v) is 4.33. The van der Waals surface area contributed by atoms with Gasteiger partial charge >= 0.3 is 0 Å². The fourth-order valence-electron chi connectivity index (χ4n) is 2.89. The van der Waals surface area contributed by atoms with E-state index < -0.39 is 0 Å². The van der Waals surface area contributed by atoms with E-state index in [-0.39, 0.29) is 0 Å². The van der Waals surface area contributed by atoms with Crippen LogP contribution in [0.3, 0.4) is 0 Å². The van der Waals surface area contributed by atoms with Crippen LogP contribution in [-0.2, 0) is 0 Å². The SMILES string of the molecule is Clc1cc2c(c3ccccc13)OCCC2NC1CC1. The van der Waals surface area contributed by atoms with Crippen molar-refractivity contribution in [3.8, 4) is 5.75 Å². The fourth-order valence-corrected chi connectivity index (χ4v) is 3.17. The van der Waals surface area contributed by atoms with Crippen LogP contribution >= 0.6 is 11.6 Å². The molecule has 1 saturated carbocycles. The summed E-state index contributed by atoms with van der Waals surface area (Å²) in [6.45, 7) is 0.781. The number of hydrogen-bond donors (Lipinski definition) is 1. The highest BCUT2D eigenvalue weighted by molar-refractivity contribution is 6.36. The van der Waals surface area contributed by atoms with E-state index in [1.807, 2.05) is 12.1 Å². The molecule has 1 fully saturated rings. The number of fused-ring (bicyclic) bond motifs is 3. The Balaban J connectivity index is 1.87. The van der Waals surface area contributed by atoms with Gasteiger partial charge in [0.2, 0.25) is 0 Å². The largest absolute Gasteiger partial charge is 0.493 e. The summed E-state index contributed by atoms with van der Waals surface area (Å²) in [5, 5.41) is 6.73. The van der Waals surface area contributed by atoms with Crippen LogP contribution in [-0.4, -0.2) is 12.6 Å². The lowest BCUT2D eigenvalue weighted by atomic mass is 9.96. The minimum Gasteiger partial charge on any atom is -0.493 e. The van der Waals surface area contributed by atoms with Crippen molar-refractivity contribution in [3.05, 3.63) is 40.9 Å². The predicted octanol–water partition coefficient (Wildman–Crippen LogP) is 4.07. The van der Waals surface area contributed by atoms with Crippen LogP contribution in [0.15, 0.2) is 30.3 Å². The van der Waals surface area contributed by atoms with Gasteiger partial charge in [0.25, 0.3) is 0 Å². The number of ether oxygens (including phenoxy) is 1. The smallest absolute Gasteiger partial charge is 0.131 e. The Morgan fingerprint density at radius 3 is 2.68 bits per heavy atom. The van der Waals surface area contributed by atoms with Crippen molar-refractivity contribution >= 4 is 22.4 Å². The molecule has 2 aliphatic rings. The molecular weight excluding hydrogens is 258 g/mol. The first-order chi connectivity index (χ1) is 9.33. The molecule has 98 valence electrons. The maximum Gasteiger partial charge on any atom is 0.131 e. The second-order valence-electron chi connectivity index (χ2n) is 5.45. The van der Waals surface area contributed by atoms with Gasteiger partial charge in [0, 0.05) is 39.9 Å². The lowest BCUT2D eigenvalue weighted by molar-refractivity contribution is 0.255. The number of hydrogen-bond acceptors (Lipinski definition) is 2. The summed E-state index contributed by atoms with van der Waals surface area (Å²) >= 11 is 6.43. The summed E-state index contributed by atoms with van der Waals surface area (Å²) in [5.74, 6) is 1.02. The molecule has 3 heteroatoms. The number of rotatable bonds is 2. The molecule has 2 nitrogen and oxygen atoms in total. The van der Waals surface area contributed by atoms with Gasteiger partial charge in [-0.3, -0.25) is 0 Å². The van der Waals surface area contributed by atoms with E-state index in [9.17, 15) is 0 Å². The lowest BCUT2D eigenvalue weighted by Crippen LogP contribution is -2.28. The average molecular weight is 274 g/mol. The molecule has 1 unspecified atom stereocenters. The van der Waals surface area contributed by atoms with Gasteiger partial charge in [0.15, 0.2) is 0 Å². The number of halogens is 1. The van der Waals surface area contributed by atoms with Crippen molar-refractivity contribution in [3.63, 3.8) is 0 Å². The quantitative estimate of drug-likeness (QED) is 0.891. The van der Waals surface area contributed by atoms with Crippen molar-refractivity contribution in [2.24, 2.45) is 0 Å². The maximum absolute atomic E-state index is 6.43. The molecule has 1 aliphatic heterocycles. The Hall–Kier alpha value is -1.25. The first-order valence-corrected chi connectivity index (χ1v) is 7.31. The minimum absolute atomic E-state index is 0.387. The molecule has 1 N–H and O–H groups in total. The maximum atomic E-state index is 6.43. The zero-order chi connectivity index (χ0) is 12.8. The second-order valence-corrected chi connectivity index (χ2v) is 5.86. The molecule has 0 bridgehead atoms. The van der Waals surface area contributed by atoms with E-state index in [1.54, 1.807) is 0 Å². The molecule has 0 amide bonds. The van der Waals surface area contributed by atoms with E-state index in [0.717, 1.165) is 34.6 Å². The van der Waals surface area contributed by atoms with Crippen LogP contribution in [0.5, 0.6) is 5.75 Å². The molecule has 0 radical (unpaired) electrons. The van der Waals surface area contributed by atoms with Crippen LogP contribution in [0.2, 0.25) is 5.02 Å². The van der Waals surface area contributed by atoms with Gasteiger partial charge in [-0.25, -0.2) is 0 Å². The molecule has 4 rings (SSSR count). The molecule has 1 atom stereocenters. The highest BCUT2D eigenvalue weighted by Gasteiger charge is 2.30. The Bertz CT molecular complexity index is 636. The molecule has 2 aromatic carbocycles. The van der Waals surface area contributed by atoms with Crippen molar-refractivity contribution in [2.45, 2.75) is 31.3 Å². The summed E-state index contributed by atoms with van der Waals surface area (Å²) in [6, 6.07) is 11.4. The van der Waals surface area contributed by atoms with E-state index in [4.69, 9.17) is 16.3 Å². The number of benzene rings is 2. The Kier molecular flexibility index (Phi) is 2.68. The minimum atomic E-state index is 0.387. The molecule has 1 aliphatic carbocycles. The van der Waals surface area contributed by atoms with Crippen LogP contribution < -0.4 is 10.1 Å². The number of nitrogens with one attached hydrogen (secondary N) is 1. The van der Waals surface area contributed by atoms with E-state index in [1.165, 1.54) is 18.4 Å². The van der Waals surface area contributed by atoms with Gasteiger partial charge in [-0.05, 0) is 18.9 Å². The van der Waals surface area contributed by atoms with Crippen molar-refractivity contribution in [1.29, 1.82) is 0 Å². The first-order valence-electron chi connectivity index (χ1n) is 6.93. The first kappa shape index (κ1) is 11.6. The molecule has 2 aromatic rings. The zero-order valence-electron chi connectivity index (χ0n) is 10.7. The van der Waals surface area contributed by atoms with Crippen LogP contribution in [0.1, 0.15) is 30.9 Å². The lowest BCUT2D eigenvalue weighted by Gasteiger charge is -2.28. The van der Waals surface area contributed by atoms with Gasteiger partial charge in [0.1, 0.15) is 5.75 Å². The van der Waals surface area contributed by atoms with Crippen LogP contribution in [0.25, 0.3) is 10.8 Å². The zero-order valence-corrected chi connectivity index (χ0v) is 11.4. The third-order valence-electron chi connectivity index (χ3n) is 4.02. The normalized spacial score (nSPS) is 22.1. The Morgan fingerprint density at radius 1 is 1.11 bits per heavy atom. The summed E-state index contributed by atoms with van der Waals surface area (Å²) in [4.78, 5) is 0. The summed E-state index contributed by atoms with van der Waals surface area (Å²) in [5.41, 5.74) is 1.22. The van der Waals surface area contributed by atoms with E-state index in [2.05, 4.69) is 23.5 Å². The highest BCUT2D eigenvalue weighted by atomic mass is 35.5. The second kappa shape index (κ2) is 4.39. The van der Waals surface area contributed by atoms with E-state index >= 15 is 0 Å². The molecule has 19 heavy (non-hydrogen) atoms. The van der Waals surface area contributed by atoms with Gasteiger partial charge in [0.05, 0.1) is 6.61 Å². The topological polar surface area (TPSA) is 21.3 Å². The fraction of sp³-hybridized carbons (Fsp3) is 0.375. The van der Waals surface area contributed by atoms with Gasteiger partial charge in [-0.1, -0.05) is 35.9 Å².